The van der Waals surface area contributed by atoms with Gasteiger partial charge in [-0.15, -0.1) is 0 Å². The summed E-state index contributed by atoms with van der Waals surface area (Å²) in [6, 6.07) is 0. The number of hydrogen-bond acceptors (Lipinski definition) is 4. The fraction of sp³-hybridized carbons (Fsp3) is 0.750. The van der Waals surface area contributed by atoms with Gasteiger partial charge in [0.2, 0.25) is 0 Å². The summed E-state index contributed by atoms with van der Waals surface area (Å²) in [5.41, 5.74) is 0.608. The highest BCUT2D eigenvalue weighted by Crippen LogP contribution is 2.03. The van der Waals surface area contributed by atoms with Gasteiger partial charge in [-0.05, 0) is 12.5 Å². The first-order chi connectivity index (χ1) is 5.63. The molecule has 0 aliphatic rings. The van der Waals surface area contributed by atoms with Crippen LogP contribution < -0.4 is 0 Å². The molecule has 0 fully saturated rings. The molecule has 72 valence electrons. The Morgan fingerprint density at radius 3 is 2.00 bits per heavy atom. The fourth-order valence-electron chi connectivity index (χ4n) is 0.925. The Labute approximate surface area is 72.7 Å². The summed E-state index contributed by atoms with van der Waals surface area (Å²) >= 11 is 0. The molecule has 0 bridgehead atoms. The predicted molar refractivity (Wildman–Crippen MR) is 46.6 cm³/mol. The molecule has 0 aromatic rings. The lowest BCUT2D eigenvalue weighted by molar-refractivity contribution is 0.0114. The van der Waals surface area contributed by atoms with Crippen molar-refractivity contribution in [1.82, 2.24) is 4.90 Å². The van der Waals surface area contributed by atoms with Gasteiger partial charge >= 0.3 is 0 Å². The van der Waals surface area contributed by atoms with Crippen LogP contribution >= 0.6 is 0 Å². The first kappa shape index (κ1) is 11.6. The molecular weight excluding hydrogens is 158 g/mol. The fourth-order valence-corrected chi connectivity index (χ4v) is 0.925. The van der Waals surface area contributed by atoms with Crippen molar-refractivity contribution in [2.45, 2.75) is 13.2 Å². The average molecular weight is 175 g/mol. The molecule has 0 saturated heterocycles. The van der Waals surface area contributed by atoms with E-state index in [0.717, 1.165) is 0 Å². The third-order valence-corrected chi connectivity index (χ3v) is 1.56. The van der Waals surface area contributed by atoms with Crippen molar-refractivity contribution in [1.29, 1.82) is 0 Å². The van der Waals surface area contributed by atoms with Gasteiger partial charge in [0.1, 0.15) is 6.23 Å². The van der Waals surface area contributed by atoms with Crippen LogP contribution in [0.4, 0.5) is 0 Å². The highest BCUT2D eigenvalue weighted by atomic mass is 16.3. The summed E-state index contributed by atoms with van der Waals surface area (Å²) in [7, 11) is 0. The minimum absolute atomic E-state index is 0.0374. The van der Waals surface area contributed by atoms with Crippen LogP contribution in [0, 0.1) is 0 Å². The lowest BCUT2D eigenvalue weighted by Gasteiger charge is -2.26. The van der Waals surface area contributed by atoms with Gasteiger partial charge in [0.25, 0.3) is 0 Å². The van der Waals surface area contributed by atoms with E-state index < -0.39 is 6.23 Å². The number of rotatable bonds is 6. The van der Waals surface area contributed by atoms with E-state index in [9.17, 15) is 5.11 Å². The summed E-state index contributed by atoms with van der Waals surface area (Å²) in [6.45, 7) is 5.90. The third-order valence-electron chi connectivity index (χ3n) is 1.56. The van der Waals surface area contributed by atoms with Gasteiger partial charge in [-0.25, -0.2) is 0 Å². The number of hydrogen-bond donors (Lipinski definition) is 3. The van der Waals surface area contributed by atoms with E-state index in [-0.39, 0.29) is 13.2 Å². The molecule has 4 heteroatoms. The maximum Gasteiger partial charge on any atom is 0.129 e. The van der Waals surface area contributed by atoms with Crippen molar-refractivity contribution in [2.75, 3.05) is 26.3 Å². The SMILES string of the molecule is C=C(C)C(O)N(CCO)CCO. The van der Waals surface area contributed by atoms with Crippen molar-refractivity contribution >= 4 is 0 Å². The van der Waals surface area contributed by atoms with Crippen molar-refractivity contribution in [3.05, 3.63) is 12.2 Å². The van der Waals surface area contributed by atoms with Crippen LogP contribution in [0.3, 0.4) is 0 Å². The minimum atomic E-state index is -0.774. The molecule has 0 aliphatic heterocycles. The number of aliphatic hydroxyl groups excluding tert-OH is 3. The smallest absolute Gasteiger partial charge is 0.129 e. The van der Waals surface area contributed by atoms with Crippen molar-refractivity contribution < 1.29 is 15.3 Å². The molecule has 1 atom stereocenters. The molecule has 4 nitrogen and oxygen atoms in total. The standard InChI is InChI=1S/C8H17NO3/c1-7(2)8(12)9(3-5-10)4-6-11/h8,10-12H,1,3-6H2,2H3. The molecule has 0 amide bonds. The summed E-state index contributed by atoms with van der Waals surface area (Å²) in [6.07, 6.45) is -0.774. The average Bonchev–Trinajstić information content (AvgIpc) is 2.03. The molecule has 0 aromatic heterocycles. The Morgan fingerprint density at radius 1 is 1.33 bits per heavy atom. The molecular formula is C8H17NO3. The summed E-state index contributed by atoms with van der Waals surface area (Å²) in [5, 5.41) is 26.7. The van der Waals surface area contributed by atoms with Gasteiger partial charge in [0.05, 0.1) is 13.2 Å². The number of nitrogens with zero attached hydrogens (tertiary/aromatic N) is 1. The summed E-state index contributed by atoms with van der Waals surface area (Å²) < 4.78 is 0. The minimum Gasteiger partial charge on any atom is -0.395 e. The zero-order valence-electron chi connectivity index (χ0n) is 7.40. The molecule has 0 aliphatic carbocycles. The van der Waals surface area contributed by atoms with Crippen LogP contribution in [0.5, 0.6) is 0 Å². The summed E-state index contributed by atoms with van der Waals surface area (Å²) in [5.74, 6) is 0. The van der Waals surface area contributed by atoms with Crippen molar-refractivity contribution in [2.24, 2.45) is 0 Å². The first-order valence-electron chi connectivity index (χ1n) is 3.92. The maximum absolute atomic E-state index is 9.45. The van der Waals surface area contributed by atoms with Gasteiger partial charge in [-0.3, -0.25) is 4.90 Å². The Morgan fingerprint density at radius 2 is 1.75 bits per heavy atom. The quantitative estimate of drug-likeness (QED) is 0.364. The maximum atomic E-state index is 9.45. The second-order valence-corrected chi connectivity index (χ2v) is 2.70. The molecule has 12 heavy (non-hydrogen) atoms. The Hall–Kier alpha value is -0.420. The molecule has 3 N–H and O–H groups in total. The Kier molecular flexibility index (Phi) is 5.92. The van der Waals surface area contributed by atoms with Gasteiger partial charge in [0, 0.05) is 13.1 Å². The van der Waals surface area contributed by atoms with E-state index >= 15 is 0 Å². The Balaban J connectivity index is 3.98. The number of aliphatic hydroxyl groups is 3. The van der Waals surface area contributed by atoms with E-state index in [1.807, 2.05) is 0 Å². The van der Waals surface area contributed by atoms with E-state index in [0.29, 0.717) is 18.7 Å². The largest absolute Gasteiger partial charge is 0.395 e. The van der Waals surface area contributed by atoms with Crippen molar-refractivity contribution in [3.63, 3.8) is 0 Å². The third kappa shape index (κ3) is 3.82. The topological polar surface area (TPSA) is 63.9 Å². The zero-order valence-corrected chi connectivity index (χ0v) is 7.40. The Bertz CT molecular complexity index is 132. The first-order valence-corrected chi connectivity index (χ1v) is 3.92. The lowest BCUT2D eigenvalue weighted by atomic mass is 10.2. The van der Waals surface area contributed by atoms with Crippen LogP contribution in [0.15, 0.2) is 12.2 Å². The van der Waals surface area contributed by atoms with E-state index in [1.165, 1.54) is 0 Å². The molecule has 1 unspecified atom stereocenters. The molecule has 0 radical (unpaired) electrons. The molecule has 0 rings (SSSR count). The van der Waals surface area contributed by atoms with Gasteiger partial charge < -0.3 is 15.3 Å². The monoisotopic (exact) mass is 175 g/mol. The zero-order chi connectivity index (χ0) is 9.56. The second-order valence-electron chi connectivity index (χ2n) is 2.70. The normalized spacial score (nSPS) is 13.4. The van der Waals surface area contributed by atoms with Crippen LogP contribution in [0.1, 0.15) is 6.92 Å². The molecule has 0 heterocycles. The van der Waals surface area contributed by atoms with Crippen LogP contribution in [0.25, 0.3) is 0 Å². The van der Waals surface area contributed by atoms with Crippen LogP contribution in [-0.4, -0.2) is 52.8 Å². The van der Waals surface area contributed by atoms with E-state index in [2.05, 4.69) is 6.58 Å². The van der Waals surface area contributed by atoms with E-state index in [1.54, 1.807) is 11.8 Å². The predicted octanol–water partition coefficient (Wildman–Crippen LogP) is -0.833. The van der Waals surface area contributed by atoms with Crippen LogP contribution in [0.2, 0.25) is 0 Å². The molecule has 0 spiro atoms. The molecule has 0 saturated carbocycles. The van der Waals surface area contributed by atoms with Crippen LogP contribution in [-0.2, 0) is 0 Å². The van der Waals surface area contributed by atoms with Gasteiger partial charge in [-0.1, -0.05) is 6.58 Å². The molecule has 0 aromatic carbocycles. The highest BCUT2D eigenvalue weighted by molar-refractivity contribution is 4.96. The second kappa shape index (κ2) is 6.14. The van der Waals surface area contributed by atoms with Gasteiger partial charge in [-0.2, -0.15) is 0 Å². The highest BCUT2D eigenvalue weighted by Gasteiger charge is 2.14. The van der Waals surface area contributed by atoms with Crippen molar-refractivity contribution in [3.8, 4) is 0 Å². The van der Waals surface area contributed by atoms with Gasteiger partial charge in [0.15, 0.2) is 0 Å². The summed E-state index contributed by atoms with van der Waals surface area (Å²) in [4.78, 5) is 1.56. The van der Waals surface area contributed by atoms with E-state index in [4.69, 9.17) is 10.2 Å². The lowest BCUT2D eigenvalue weighted by Crippen LogP contribution is -2.39.